The molecule has 1 heterocycles. The molecule has 0 unspecified atom stereocenters. The molecule has 0 radical (unpaired) electrons. The zero-order valence-corrected chi connectivity index (χ0v) is 11.7. The first-order chi connectivity index (χ1) is 11.0. The predicted molar refractivity (Wildman–Crippen MR) is 81.4 cm³/mol. The number of amides is 1. The number of carboxylic acids is 1. The van der Waals surface area contributed by atoms with E-state index in [1.807, 2.05) is 0 Å². The second-order valence-corrected chi connectivity index (χ2v) is 4.45. The summed E-state index contributed by atoms with van der Waals surface area (Å²) in [6, 6.07) is 8.49. The summed E-state index contributed by atoms with van der Waals surface area (Å²) >= 11 is 0. The highest BCUT2D eigenvalue weighted by Crippen LogP contribution is 2.12. The number of nitrogens with one attached hydrogen (secondary N) is 2. The summed E-state index contributed by atoms with van der Waals surface area (Å²) in [6.45, 7) is -0.123. The lowest BCUT2D eigenvalue weighted by Gasteiger charge is -2.07. The van der Waals surface area contributed by atoms with Gasteiger partial charge in [0, 0.05) is 11.8 Å². The van der Waals surface area contributed by atoms with Crippen LogP contribution in [-0.4, -0.2) is 33.4 Å². The molecule has 0 saturated carbocycles. The number of pyridine rings is 1. The highest BCUT2D eigenvalue weighted by molar-refractivity contribution is 5.95. The smallest absolute Gasteiger partial charge is 0.335 e. The third-order valence-electron chi connectivity index (χ3n) is 2.78. The minimum Gasteiger partial charge on any atom is -0.478 e. The summed E-state index contributed by atoms with van der Waals surface area (Å²) in [7, 11) is 0. The Bertz CT molecular complexity index is 745. The lowest BCUT2D eigenvalue weighted by Crippen LogP contribution is -2.22. The van der Waals surface area contributed by atoms with Gasteiger partial charge in [0.15, 0.2) is 0 Å². The van der Waals surface area contributed by atoms with Crippen LogP contribution in [0.5, 0.6) is 0 Å². The molecule has 0 spiro atoms. The molecule has 0 aliphatic heterocycles. The third kappa shape index (κ3) is 4.49. The lowest BCUT2D eigenvalue weighted by molar-refractivity contribution is -0.385. The van der Waals surface area contributed by atoms with Gasteiger partial charge in [-0.15, -0.1) is 0 Å². The number of hydrogen-bond acceptors (Lipinski definition) is 6. The van der Waals surface area contributed by atoms with E-state index >= 15 is 0 Å². The molecule has 1 aromatic carbocycles. The first-order valence-corrected chi connectivity index (χ1v) is 6.43. The van der Waals surface area contributed by atoms with E-state index in [2.05, 4.69) is 15.6 Å². The minimum absolute atomic E-state index is 0.0628. The fourth-order valence-corrected chi connectivity index (χ4v) is 1.70. The Kier molecular flexibility index (Phi) is 4.82. The van der Waals surface area contributed by atoms with E-state index in [1.165, 1.54) is 30.3 Å². The molecular formula is C14H12N4O5. The topological polar surface area (TPSA) is 134 Å². The van der Waals surface area contributed by atoms with Gasteiger partial charge < -0.3 is 15.7 Å². The molecule has 118 valence electrons. The van der Waals surface area contributed by atoms with Gasteiger partial charge in [-0.2, -0.15) is 0 Å². The van der Waals surface area contributed by atoms with Crippen LogP contribution in [0.25, 0.3) is 0 Å². The van der Waals surface area contributed by atoms with Crippen molar-refractivity contribution in [2.45, 2.75) is 0 Å². The van der Waals surface area contributed by atoms with E-state index in [0.717, 1.165) is 6.20 Å². The van der Waals surface area contributed by atoms with Crippen LogP contribution in [0, 0.1) is 10.1 Å². The van der Waals surface area contributed by atoms with Crippen LogP contribution in [0.2, 0.25) is 0 Å². The summed E-state index contributed by atoms with van der Waals surface area (Å²) in [5.74, 6) is -1.19. The van der Waals surface area contributed by atoms with E-state index in [1.54, 1.807) is 6.07 Å². The molecule has 0 fully saturated rings. The molecule has 3 N–H and O–H groups in total. The SMILES string of the molecule is O=C(CNc1ccc([N+](=O)[O-])cn1)Nc1cccc(C(=O)O)c1. The highest BCUT2D eigenvalue weighted by Gasteiger charge is 2.08. The van der Waals surface area contributed by atoms with Crippen LogP contribution in [0.1, 0.15) is 10.4 Å². The summed E-state index contributed by atoms with van der Waals surface area (Å²) in [4.78, 5) is 36.4. The van der Waals surface area contributed by atoms with Crippen molar-refractivity contribution in [2.75, 3.05) is 17.2 Å². The van der Waals surface area contributed by atoms with Crippen LogP contribution in [0.4, 0.5) is 17.2 Å². The van der Waals surface area contributed by atoms with Gasteiger partial charge >= 0.3 is 5.97 Å². The maximum atomic E-state index is 11.8. The third-order valence-corrected chi connectivity index (χ3v) is 2.78. The van der Waals surface area contributed by atoms with Crippen molar-refractivity contribution < 1.29 is 19.6 Å². The maximum Gasteiger partial charge on any atom is 0.335 e. The molecule has 0 saturated heterocycles. The van der Waals surface area contributed by atoms with Crippen LogP contribution < -0.4 is 10.6 Å². The van der Waals surface area contributed by atoms with Crippen LogP contribution in [-0.2, 0) is 4.79 Å². The number of hydrogen-bond donors (Lipinski definition) is 3. The Balaban J connectivity index is 1.91. The average Bonchev–Trinajstić information content (AvgIpc) is 2.53. The van der Waals surface area contributed by atoms with Crippen molar-refractivity contribution in [2.24, 2.45) is 0 Å². The monoisotopic (exact) mass is 316 g/mol. The Morgan fingerprint density at radius 3 is 2.65 bits per heavy atom. The predicted octanol–water partition coefficient (Wildman–Crippen LogP) is 1.74. The summed E-state index contributed by atoms with van der Waals surface area (Å²) < 4.78 is 0. The molecule has 9 nitrogen and oxygen atoms in total. The Morgan fingerprint density at radius 1 is 1.26 bits per heavy atom. The van der Waals surface area contributed by atoms with Crippen molar-refractivity contribution in [3.63, 3.8) is 0 Å². The molecular weight excluding hydrogens is 304 g/mol. The normalized spacial score (nSPS) is 9.91. The number of aromatic nitrogens is 1. The van der Waals surface area contributed by atoms with Crippen LogP contribution in [0.3, 0.4) is 0 Å². The number of nitro groups is 1. The van der Waals surface area contributed by atoms with Gasteiger partial charge in [-0.05, 0) is 24.3 Å². The molecule has 2 rings (SSSR count). The van der Waals surface area contributed by atoms with Gasteiger partial charge in [0.2, 0.25) is 5.91 Å². The first-order valence-electron chi connectivity index (χ1n) is 6.43. The summed E-state index contributed by atoms with van der Waals surface area (Å²) in [5.41, 5.74) is 0.270. The van der Waals surface area contributed by atoms with Gasteiger partial charge in [-0.3, -0.25) is 14.9 Å². The second kappa shape index (κ2) is 6.98. The number of anilines is 2. The van der Waals surface area contributed by atoms with Crippen molar-refractivity contribution in [3.8, 4) is 0 Å². The van der Waals surface area contributed by atoms with E-state index in [9.17, 15) is 19.7 Å². The first kappa shape index (κ1) is 15.9. The number of carbonyl (C=O) groups excluding carboxylic acids is 1. The van der Waals surface area contributed by atoms with Gasteiger partial charge in [0.1, 0.15) is 12.0 Å². The van der Waals surface area contributed by atoms with Crippen molar-refractivity contribution >= 4 is 29.1 Å². The number of benzene rings is 1. The van der Waals surface area contributed by atoms with E-state index in [0.29, 0.717) is 11.5 Å². The maximum absolute atomic E-state index is 11.8. The fourth-order valence-electron chi connectivity index (χ4n) is 1.70. The quantitative estimate of drug-likeness (QED) is 0.545. The number of aromatic carboxylic acids is 1. The van der Waals surface area contributed by atoms with Gasteiger partial charge in [-0.1, -0.05) is 6.07 Å². The molecule has 2 aromatic rings. The largest absolute Gasteiger partial charge is 0.478 e. The molecule has 1 aromatic heterocycles. The number of nitrogens with zero attached hydrogens (tertiary/aromatic N) is 2. The fraction of sp³-hybridized carbons (Fsp3) is 0.0714. The molecule has 23 heavy (non-hydrogen) atoms. The molecule has 9 heteroatoms. The Labute approximate surface area is 130 Å². The summed E-state index contributed by atoms with van der Waals surface area (Å²) in [6.07, 6.45) is 1.08. The summed E-state index contributed by atoms with van der Waals surface area (Å²) in [5, 5.41) is 24.6. The standard InChI is InChI=1S/C14H12N4O5/c19-13(17-10-3-1-2-9(6-10)14(20)21)8-16-12-5-4-11(7-15-12)18(22)23/h1-7H,8H2,(H,15,16)(H,17,19)(H,20,21). The Hall–Kier alpha value is -3.49. The van der Waals surface area contributed by atoms with Crippen molar-refractivity contribution in [3.05, 3.63) is 58.3 Å². The number of rotatable bonds is 6. The molecule has 0 aliphatic rings. The van der Waals surface area contributed by atoms with Crippen LogP contribution >= 0.6 is 0 Å². The molecule has 0 bridgehead atoms. The minimum atomic E-state index is -1.09. The van der Waals surface area contributed by atoms with E-state index in [-0.39, 0.29) is 17.8 Å². The number of carboxylic acid groups (broad SMARTS) is 1. The van der Waals surface area contributed by atoms with Gasteiger partial charge in [0.05, 0.1) is 17.0 Å². The molecule has 0 atom stereocenters. The second-order valence-electron chi connectivity index (χ2n) is 4.45. The zero-order valence-electron chi connectivity index (χ0n) is 11.7. The average molecular weight is 316 g/mol. The molecule has 1 amide bonds. The Morgan fingerprint density at radius 2 is 2.04 bits per heavy atom. The van der Waals surface area contributed by atoms with Gasteiger partial charge in [0.25, 0.3) is 5.69 Å². The lowest BCUT2D eigenvalue weighted by atomic mass is 10.2. The van der Waals surface area contributed by atoms with E-state index in [4.69, 9.17) is 5.11 Å². The van der Waals surface area contributed by atoms with Crippen molar-refractivity contribution in [1.29, 1.82) is 0 Å². The molecule has 0 aliphatic carbocycles. The van der Waals surface area contributed by atoms with E-state index < -0.39 is 16.8 Å². The van der Waals surface area contributed by atoms with Crippen molar-refractivity contribution in [1.82, 2.24) is 4.98 Å². The zero-order chi connectivity index (χ0) is 16.8. The van der Waals surface area contributed by atoms with Gasteiger partial charge in [-0.25, -0.2) is 9.78 Å². The van der Waals surface area contributed by atoms with Crippen LogP contribution in [0.15, 0.2) is 42.6 Å². The number of carbonyl (C=O) groups is 2. The highest BCUT2D eigenvalue weighted by atomic mass is 16.6.